The second kappa shape index (κ2) is 8.55. The summed E-state index contributed by atoms with van der Waals surface area (Å²) in [6.45, 7) is 6.52. The summed E-state index contributed by atoms with van der Waals surface area (Å²) in [5, 5.41) is 0. The second-order valence-corrected chi connectivity index (χ2v) is 5.51. The zero-order chi connectivity index (χ0) is 17.5. The smallest absolute Gasteiger partial charge is 0.249 e. The molecule has 0 spiro atoms. The molecule has 4 nitrogen and oxygen atoms in total. The molecule has 2 aromatic rings. The number of halogens is 1. The van der Waals surface area contributed by atoms with Gasteiger partial charge in [-0.3, -0.25) is 9.78 Å². The summed E-state index contributed by atoms with van der Waals surface area (Å²) in [6, 6.07) is 8.37. The van der Waals surface area contributed by atoms with Gasteiger partial charge < -0.3 is 9.64 Å². The van der Waals surface area contributed by atoms with Gasteiger partial charge in [0, 0.05) is 25.5 Å². The van der Waals surface area contributed by atoms with Gasteiger partial charge in [0.2, 0.25) is 5.91 Å². The summed E-state index contributed by atoms with van der Waals surface area (Å²) in [6.07, 6.45) is 3.43. The van der Waals surface area contributed by atoms with Crippen LogP contribution in [0.2, 0.25) is 0 Å². The molecule has 1 aromatic carbocycles. The monoisotopic (exact) mass is 330 g/mol. The Hall–Kier alpha value is -2.27. The molecule has 128 valence electrons. The van der Waals surface area contributed by atoms with Gasteiger partial charge in [0.25, 0.3) is 0 Å². The number of amides is 1. The van der Waals surface area contributed by atoms with Crippen LogP contribution in [0.5, 0.6) is 0 Å². The van der Waals surface area contributed by atoms with Crippen LogP contribution in [0.1, 0.15) is 36.6 Å². The molecule has 0 radical (unpaired) electrons. The Bertz CT molecular complexity index is 676. The van der Waals surface area contributed by atoms with Crippen molar-refractivity contribution < 1.29 is 13.9 Å². The number of benzene rings is 1. The number of pyridine rings is 1. The Morgan fingerprint density at radius 3 is 2.67 bits per heavy atom. The van der Waals surface area contributed by atoms with Gasteiger partial charge in [-0.2, -0.15) is 0 Å². The van der Waals surface area contributed by atoms with E-state index in [9.17, 15) is 9.18 Å². The maximum absolute atomic E-state index is 13.7. The lowest BCUT2D eigenvalue weighted by Crippen LogP contribution is -2.38. The van der Waals surface area contributed by atoms with Crippen LogP contribution in [0.15, 0.2) is 42.7 Å². The number of carbonyl (C=O) groups is 1. The standard InChI is InChI=1S/C19H23FN2O2/c1-4-22(18(23)13-24-5-2)19(16-7-6-10-21-12-16)15-8-9-17(20)14(3)11-15/h6-12,19H,4-5,13H2,1-3H3/t19-/m1/s1. The number of ether oxygens (including phenoxy) is 1. The van der Waals surface area contributed by atoms with Crippen LogP contribution < -0.4 is 0 Å². The van der Waals surface area contributed by atoms with E-state index < -0.39 is 0 Å². The molecule has 1 aromatic heterocycles. The highest BCUT2D eigenvalue weighted by atomic mass is 19.1. The molecular formula is C19H23FN2O2. The molecule has 0 saturated carbocycles. The molecule has 1 atom stereocenters. The van der Waals surface area contributed by atoms with Crippen molar-refractivity contribution >= 4 is 5.91 Å². The van der Waals surface area contributed by atoms with E-state index in [1.807, 2.05) is 26.0 Å². The molecule has 24 heavy (non-hydrogen) atoms. The number of rotatable bonds is 7. The van der Waals surface area contributed by atoms with Crippen LogP contribution in [-0.2, 0) is 9.53 Å². The van der Waals surface area contributed by atoms with Crippen molar-refractivity contribution in [3.63, 3.8) is 0 Å². The first-order chi connectivity index (χ1) is 11.6. The predicted molar refractivity (Wildman–Crippen MR) is 91.1 cm³/mol. The average molecular weight is 330 g/mol. The van der Waals surface area contributed by atoms with E-state index >= 15 is 0 Å². The van der Waals surface area contributed by atoms with Gasteiger partial charge in [0.05, 0.1) is 6.04 Å². The molecule has 0 aliphatic heterocycles. The number of nitrogens with zero attached hydrogens (tertiary/aromatic N) is 2. The van der Waals surface area contributed by atoms with Crippen molar-refractivity contribution in [3.05, 3.63) is 65.2 Å². The average Bonchev–Trinajstić information content (AvgIpc) is 2.60. The highest BCUT2D eigenvalue weighted by Gasteiger charge is 2.26. The van der Waals surface area contributed by atoms with Crippen LogP contribution in [0, 0.1) is 12.7 Å². The fourth-order valence-electron chi connectivity index (χ4n) is 2.70. The third-order valence-corrected chi connectivity index (χ3v) is 3.90. The Morgan fingerprint density at radius 1 is 1.29 bits per heavy atom. The third kappa shape index (κ3) is 4.17. The molecule has 0 saturated heterocycles. The van der Waals surface area contributed by atoms with Crippen molar-refractivity contribution in [1.82, 2.24) is 9.88 Å². The highest BCUT2D eigenvalue weighted by Crippen LogP contribution is 2.29. The van der Waals surface area contributed by atoms with Crippen LogP contribution in [0.3, 0.4) is 0 Å². The van der Waals surface area contributed by atoms with Crippen molar-refractivity contribution in [2.75, 3.05) is 19.8 Å². The Kier molecular flexibility index (Phi) is 6.44. The van der Waals surface area contributed by atoms with Crippen molar-refractivity contribution in [3.8, 4) is 0 Å². The number of aromatic nitrogens is 1. The quantitative estimate of drug-likeness (QED) is 0.780. The van der Waals surface area contributed by atoms with E-state index in [0.29, 0.717) is 18.7 Å². The molecule has 0 unspecified atom stereocenters. The largest absolute Gasteiger partial charge is 0.372 e. The summed E-state index contributed by atoms with van der Waals surface area (Å²) < 4.78 is 18.9. The first-order valence-electron chi connectivity index (χ1n) is 8.11. The van der Waals surface area contributed by atoms with Crippen molar-refractivity contribution in [2.45, 2.75) is 26.8 Å². The molecule has 0 aliphatic carbocycles. The number of likely N-dealkylation sites (N-methyl/N-ethyl adjacent to an activating group) is 1. The van der Waals surface area contributed by atoms with E-state index in [1.54, 1.807) is 36.4 Å². The summed E-state index contributed by atoms with van der Waals surface area (Å²) in [5.41, 5.74) is 2.29. The fourth-order valence-corrected chi connectivity index (χ4v) is 2.70. The van der Waals surface area contributed by atoms with Gasteiger partial charge in [-0.1, -0.05) is 18.2 Å². The van der Waals surface area contributed by atoms with Gasteiger partial charge >= 0.3 is 0 Å². The minimum atomic E-state index is -0.323. The van der Waals surface area contributed by atoms with Gasteiger partial charge in [-0.15, -0.1) is 0 Å². The maximum Gasteiger partial charge on any atom is 0.249 e. The van der Waals surface area contributed by atoms with E-state index in [1.165, 1.54) is 6.07 Å². The lowest BCUT2D eigenvalue weighted by Gasteiger charge is -2.31. The number of aryl methyl sites for hydroxylation is 1. The molecule has 0 N–H and O–H groups in total. The second-order valence-electron chi connectivity index (χ2n) is 5.51. The summed E-state index contributed by atoms with van der Waals surface area (Å²) in [7, 11) is 0. The molecule has 2 rings (SSSR count). The van der Waals surface area contributed by atoms with E-state index in [-0.39, 0.29) is 24.4 Å². The van der Waals surface area contributed by atoms with Gasteiger partial charge in [0.15, 0.2) is 0 Å². The molecule has 5 heteroatoms. The number of hydrogen-bond donors (Lipinski definition) is 0. The van der Waals surface area contributed by atoms with Crippen LogP contribution >= 0.6 is 0 Å². The third-order valence-electron chi connectivity index (χ3n) is 3.90. The molecule has 1 amide bonds. The zero-order valence-corrected chi connectivity index (χ0v) is 14.3. The van der Waals surface area contributed by atoms with Gasteiger partial charge in [-0.25, -0.2) is 4.39 Å². The van der Waals surface area contributed by atoms with Crippen molar-refractivity contribution in [1.29, 1.82) is 0 Å². The van der Waals surface area contributed by atoms with E-state index in [4.69, 9.17) is 4.74 Å². The molecule has 0 fully saturated rings. The fraction of sp³-hybridized carbons (Fsp3) is 0.368. The molecule has 0 aliphatic rings. The lowest BCUT2D eigenvalue weighted by atomic mass is 9.96. The molecule has 0 bridgehead atoms. The minimum Gasteiger partial charge on any atom is -0.372 e. The highest BCUT2D eigenvalue weighted by molar-refractivity contribution is 5.78. The maximum atomic E-state index is 13.7. The van der Waals surface area contributed by atoms with Gasteiger partial charge in [0.1, 0.15) is 12.4 Å². The van der Waals surface area contributed by atoms with Crippen LogP contribution in [0.4, 0.5) is 4.39 Å². The Labute approximate surface area is 142 Å². The van der Waals surface area contributed by atoms with E-state index in [0.717, 1.165) is 11.1 Å². The zero-order valence-electron chi connectivity index (χ0n) is 14.3. The molecule has 1 heterocycles. The van der Waals surface area contributed by atoms with E-state index in [2.05, 4.69) is 4.98 Å². The van der Waals surface area contributed by atoms with Crippen LogP contribution in [0.25, 0.3) is 0 Å². The summed E-state index contributed by atoms with van der Waals surface area (Å²) in [5.74, 6) is -0.359. The molecular weight excluding hydrogens is 307 g/mol. The topological polar surface area (TPSA) is 42.4 Å². The first-order valence-corrected chi connectivity index (χ1v) is 8.11. The first kappa shape index (κ1) is 18.1. The minimum absolute atomic E-state index is 0.0290. The summed E-state index contributed by atoms with van der Waals surface area (Å²) in [4.78, 5) is 18.5. The summed E-state index contributed by atoms with van der Waals surface area (Å²) >= 11 is 0. The predicted octanol–water partition coefficient (Wildman–Crippen LogP) is 3.50. The Morgan fingerprint density at radius 2 is 2.08 bits per heavy atom. The lowest BCUT2D eigenvalue weighted by molar-refractivity contribution is -0.137. The Balaban J connectivity index is 2.45. The normalized spacial score (nSPS) is 12.0. The number of carbonyl (C=O) groups excluding carboxylic acids is 1. The van der Waals surface area contributed by atoms with Crippen LogP contribution in [-0.4, -0.2) is 35.5 Å². The van der Waals surface area contributed by atoms with Gasteiger partial charge in [-0.05, 0) is 49.6 Å². The SMILES string of the molecule is CCOCC(=O)N(CC)[C@@H](c1cccnc1)c1ccc(F)c(C)c1. The van der Waals surface area contributed by atoms with Crippen molar-refractivity contribution in [2.24, 2.45) is 0 Å². The number of hydrogen-bond acceptors (Lipinski definition) is 3.